The molecule has 0 fully saturated rings. The van der Waals surface area contributed by atoms with E-state index < -0.39 is 31.0 Å². The first-order chi connectivity index (χ1) is 9.32. The molecule has 0 aliphatic heterocycles. The maximum atomic E-state index is 11.5. The Bertz CT molecular complexity index is 510. The first kappa shape index (κ1) is 15.8. The predicted octanol–water partition coefficient (Wildman–Crippen LogP) is 0.868. The van der Waals surface area contributed by atoms with Crippen LogP contribution in [0.2, 0.25) is 0 Å². The van der Waals surface area contributed by atoms with Gasteiger partial charge in [0.1, 0.15) is 5.75 Å². The van der Waals surface area contributed by atoms with Gasteiger partial charge in [0.2, 0.25) is 10.1 Å². The smallest absolute Gasteiger partial charge is 0.404 e. The molecule has 0 saturated heterocycles. The highest BCUT2D eigenvalue weighted by molar-refractivity contribution is 7.47. The first-order valence-corrected chi connectivity index (χ1v) is 6.59. The number of para-hydroxylation sites is 1. The van der Waals surface area contributed by atoms with Gasteiger partial charge in [-0.05, 0) is 12.1 Å². The Morgan fingerprint density at radius 2 is 1.75 bits per heavy atom. The largest absolute Gasteiger partial charge is 0.527 e. The summed E-state index contributed by atoms with van der Waals surface area (Å²) in [7, 11) is -4.50. The minimum atomic E-state index is -4.50. The van der Waals surface area contributed by atoms with Crippen LogP contribution < -0.4 is 4.52 Å². The lowest BCUT2D eigenvalue weighted by atomic mass is 10.3. The fourth-order valence-corrected chi connectivity index (χ4v) is 1.85. The lowest BCUT2D eigenvalue weighted by Gasteiger charge is -2.12. The zero-order valence-electron chi connectivity index (χ0n) is 9.89. The van der Waals surface area contributed by atoms with E-state index in [1.807, 2.05) is 0 Å². The topological polar surface area (TPSA) is 145 Å². The Hall–Kier alpha value is -2.23. The second kappa shape index (κ2) is 6.80. The number of hydrazine groups is 2. The molecule has 1 aromatic carbocycles. The van der Waals surface area contributed by atoms with Gasteiger partial charge in [-0.15, -0.1) is 0 Å². The van der Waals surface area contributed by atoms with Gasteiger partial charge in [0, 0.05) is 0 Å². The summed E-state index contributed by atoms with van der Waals surface area (Å²) in [6.07, 6.45) is 0. The molecule has 12 heteroatoms. The summed E-state index contributed by atoms with van der Waals surface area (Å²) in [5.74, 6) is 0.0544. The van der Waals surface area contributed by atoms with Gasteiger partial charge in [0.25, 0.3) is 0 Å². The van der Waals surface area contributed by atoms with Crippen LogP contribution in [0.5, 0.6) is 5.75 Å². The van der Waals surface area contributed by atoms with Crippen LogP contribution in [0.1, 0.15) is 0 Å². The van der Waals surface area contributed by atoms with Crippen molar-refractivity contribution in [2.75, 3.05) is 13.2 Å². The van der Waals surface area contributed by atoms with E-state index in [9.17, 15) is 29.7 Å². The third kappa shape index (κ3) is 5.18. The summed E-state index contributed by atoms with van der Waals surface area (Å²) >= 11 is 0. The summed E-state index contributed by atoms with van der Waals surface area (Å²) in [5.41, 5.74) is 0. The molecule has 110 valence electrons. The Kier molecular flexibility index (Phi) is 5.38. The Labute approximate surface area is 112 Å². The van der Waals surface area contributed by atoms with Gasteiger partial charge >= 0.3 is 7.82 Å². The molecule has 0 aliphatic carbocycles. The minimum absolute atomic E-state index is 0.0544. The molecular weight excluding hydrogens is 297 g/mol. The summed E-state index contributed by atoms with van der Waals surface area (Å²) in [4.78, 5) is 29.8. The molecule has 11 nitrogen and oxygen atoms in total. The number of nitrogens with zero attached hydrogens (tertiary/aromatic N) is 3. The van der Waals surface area contributed by atoms with E-state index in [2.05, 4.69) is 9.05 Å². The van der Waals surface area contributed by atoms with Crippen LogP contribution in [0.4, 0.5) is 0 Å². The van der Waals surface area contributed by atoms with Gasteiger partial charge in [0.05, 0.1) is 6.61 Å². The molecule has 0 aliphatic rings. The van der Waals surface area contributed by atoms with Crippen molar-refractivity contribution in [2.24, 2.45) is 0 Å². The lowest BCUT2D eigenvalue weighted by Crippen LogP contribution is -2.38. The van der Waals surface area contributed by atoms with E-state index in [0.717, 1.165) is 0 Å². The van der Waals surface area contributed by atoms with Gasteiger partial charge < -0.3 is 4.52 Å². The highest BCUT2D eigenvalue weighted by Gasteiger charge is 2.30. The van der Waals surface area contributed by atoms with Crippen molar-refractivity contribution in [3.8, 4) is 5.75 Å². The highest BCUT2D eigenvalue weighted by Crippen LogP contribution is 2.43. The first-order valence-electron chi connectivity index (χ1n) is 5.10. The Balaban J connectivity index is 2.49. The minimum Gasteiger partial charge on any atom is -0.404 e. The van der Waals surface area contributed by atoms with Crippen LogP contribution in [0.3, 0.4) is 0 Å². The molecule has 0 radical (unpaired) electrons. The monoisotopic (exact) mass is 307 g/mol. The quantitative estimate of drug-likeness (QED) is 0.419. The Morgan fingerprint density at radius 1 is 1.20 bits per heavy atom. The van der Waals surface area contributed by atoms with Crippen molar-refractivity contribution in [1.82, 2.24) is 5.12 Å². The number of hydrogen-bond donors (Lipinski definition) is 1. The Morgan fingerprint density at radius 3 is 2.25 bits per heavy atom. The maximum absolute atomic E-state index is 11.5. The molecule has 1 unspecified atom stereocenters. The summed E-state index contributed by atoms with van der Waals surface area (Å²) in [6, 6.07) is 7.55. The standard InChI is InChI=1S/C8H10N3O8P/c12-10(13)9(11(14)15)6-7-18-20(16,17)19-8-4-2-1-3-5-8/h1-5H,6-7H2,(H,16,17). The number of rotatable bonds is 8. The van der Waals surface area contributed by atoms with Crippen LogP contribution in [0, 0.1) is 20.2 Å². The van der Waals surface area contributed by atoms with E-state index in [1.165, 1.54) is 12.1 Å². The fourth-order valence-electron chi connectivity index (χ4n) is 1.10. The van der Waals surface area contributed by atoms with Crippen molar-refractivity contribution in [3.63, 3.8) is 0 Å². The number of nitro groups is 2. The molecule has 20 heavy (non-hydrogen) atoms. The van der Waals surface area contributed by atoms with Crippen molar-refractivity contribution in [3.05, 3.63) is 50.6 Å². The van der Waals surface area contributed by atoms with Gasteiger partial charge in [-0.25, -0.2) is 24.8 Å². The molecule has 1 rings (SSSR count). The van der Waals surface area contributed by atoms with Crippen molar-refractivity contribution < 1.29 is 28.6 Å². The van der Waals surface area contributed by atoms with Crippen molar-refractivity contribution in [1.29, 1.82) is 0 Å². The maximum Gasteiger partial charge on any atom is 0.527 e. The molecule has 0 bridgehead atoms. The fraction of sp³-hybridized carbons (Fsp3) is 0.250. The second-order valence-corrected chi connectivity index (χ2v) is 4.66. The van der Waals surface area contributed by atoms with Crippen molar-refractivity contribution >= 4 is 7.82 Å². The third-order valence-electron chi connectivity index (χ3n) is 1.89. The lowest BCUT2D eigenvalue weighted by molar-refractivity contribution is -0.907. The van der Waals surface area contributed by atoms with Crippen LogP contribution in [0.15, 0.2) is 30.3 Å². The molecule has 1 N–H and O–H groups in total. The van der Waals surface area contributed by atoms with Gasteiger partial charge in [-0.1, -0.05) is 18.2 Å². The zero-order chi connectivity index (χ0) is 15.2. The summed E-state index contributed by atoms with van der Waals surface area (Å²) < 4.78 is 20.5. The summed E-state index contributed by atoms with van der Waals surface area (Å²) in [6.45, 7) is -1.55. The van der Waals surface area contributed by atoms with E-state index in [0.29, 0.717) is 0 Å². The third-order valence-corrected chi connectivity index (χ3v) is 2.84. The molecule has 0 spiro atoms. The number of phosphoric ester groups is 1. The second-order valence-electron chi connectivity index (χ2n) is 3.28. The molecule has 0 aromatic heterocycles. The van der Waals surface area contributed by atoms with E-state index >= 15 is 0 Å². The number of phosphoric acid groups is 1. The van der Waals surface area contributed by atoms with E-state index in [1.54, 1.807) is 18.2 Å². The SMILES string of the molecule is O=[N+]([O-])N(CCOP(=O)(O)Oc1ccccc1)[N+](=O)[O-]. The zero-order valence-corrected chi connectivity index (χ0v) is 10.8. The number of hydrogen-bond acceptors (Lipinski definition) is 7. The van der Waals surface area contributed by atoms with Crippen LogP contribution in [-0.4, -0.2) is 33.2 Å². The molecule has 0 heterocycles. The van der Waals surface area contributed by atoms with Crippen molar-refractivity contribution in [2.45, 2.75) is 0 Å². The normalized spacial score (nSPS) is 13.2. The molecule has 1 atom stereocenters. The van der Waals surface area contributed by atoms with E-state index in [-0.39, 0.29) is 10.9 Å². The molecule has 1 aromatic rings. The van der Waals surface area contributed by atoms with Crippen LogP contribution >= 0.6 is 7.82 Å². The summed E-state index contributed by atoms with van der Waals surface area (Å²) in [5, 5.41) is 17.6. The highest BCUT2D eigenvalue weighted by atomic mass is 31.2. The molecule has 0 amide bonds. The van der Waals surface area contributed by atoms with Gasteiger partial charge in [-0.3, -0.25) is 9.42 Å². The van der Waals surface area contributed by atoms with Gasteiger partial charge in [0.15, 0.2) is 11.7 Å². The van der Waals surface area contributed by atoms with E-state index in [4.69, 9.17) is 0 Å². The number of benzene rings is 1. The van der Waals surface area contributed by atoms with Crippen LogP contribution in [0.25, 0.3) is 0 Å². The van der Waals surface area contributed by atoms with Crippen LogP contribution in [-0.2, 0) is 9.09 Å². The predicted molar refractivity (Wildman–Crippen MR) is 63.5 cm³/mol. The van der Waals surface area contributed by atoms with Gasteiger partial charge in [-0.2, -0.15) is 0 Å². The molecular formula is C8H10N3O8P. The average Bonchev–Trinajstić information content (AvgIpc) is 2.34. The average molecular weight is 307 g/mol. The molecule has 0 saturated carbocycles.